The molecule has 23 heteroatoms. The van der Waals surface area contributed by atoms with E-state index in [1.165, 1.54) is 13.2 Å². The average Bonchev–Trinajstić information content (AvgIpc) is 1.61. The summed E-state index contributed by atoms with van der Waals surface area (Å²) in [5.41, 5.74) is 12.2. The van der Waals surface area contributed by atoms with Gasteiger partial charge in [0.15, 0.2) is 6.10 Å². The van der Waals surface area contributed by atoms with E-state index in [0.29, 0.717) is 33.2 Å². The summed E-state index contributed by atoms with van der Waals surface area (Å²) in [6, 6.07) is 31.1. The molecule has 0 saturated heterocycles. The summed E-state index contributed by atoms with van der Waals surface area (Å²) in [5, 5.41) is 19.4. The molecular formula is C73H89ClN8O14. The molecule has 22 nitrogen and oxygen atoms in total. The number of carbonyl (C=O) groups is 9. The number of hydrogen-bond donors (Lipinski definition) is 8. The van der Waals surface area contributed by atoms with Crippen molar-refractivity contribution in [2.45, 2.75) is 143 Å². The zero-order chi connectivity index (χ0) is 69.8. The summed E-state index contributed by atoms with van der Waals surface area (Å²) < 4.78 is 28.6. The summed E-state index contributed by atoms with van der Waals surface area (Å²) in [6.45, 7) is 18.8. The number of amides is 8. The summed E-state index contributed by atoms with van der Waals surface area (Å²) in [6.07, 6.45) is -0.0776. The Bertz CT molecular complexity index is 3590. The van der Waals surface area contributed by atoms with Crippen LogP contribution >= 0.6 is 11.6 Å². The number of urea groups is 1. The van der Waals surface area contributed by atoms with Crippen molar-refractivity contribution in [3.05, 3.63) is 178 Å². The molecule has 7 rings (SSSR count). The molecule has 9 N–H and O–H groups in total. The monoisotopic (exact) mass is 1340 g/mol. The molecule has 8 amide bonds. The topological polar surface area (TPSA) is 310 Å². The Labute approximate surface area is 565 Å². The minimum absolute atomic E-state index is 0.0421. The highest BCUT2D eigenvalue weighted by molar-refractivity contribution is 6.32. The highest BCUT2D eigenvalue weighted by Crippen LogP contribution is 2.44. The SMILES string of the molecule is C=C(C(C)c1ccc(CNC(=O)OCc2ccc(NC(=O)[C@H](CCCNC(N)=O)NC(=O)C(NC(=O)OCC3c4ccccc4-c4ccccc43)C(C)C)cc2)cc1)C(C)[C@@H]1C/C=C/C(=O)N[C@H](Cc2ccc(OC)c(Cl)c2)C(=O)NCC(C)(C)C(=O)O[C@@H](CC(C)C)C(=O)O1. The Morgan fingerprint density at radius 3 is 2.04 bits per heavy atom. The fourth-order valence-electron chi connectivity index (χ4n) is 11.2. The number of nitrogens with one attached hydrogen (secondary N) is 7. The molecule has 7 atom stereocenters. The lowest BCUT2D eigenvalue weighted by Gasteiger charge is -2.31. The molecule has 1 aliphatic heterocycles. The minimum atomic E-state index is -1.29. The van der Waals surface area contributed by atoms with Crippen molar-refractivity contribution in [3.8, 4) is 16.9 Å². The smallest absolute Gasteiger partial charge is 0.407 e. The van der Waals surface area contributed by atoms with Crippen LogP contribution in [0, 0.1) is 23.2 Å². The zero-order valence-electron chi connectivity index (χ0n) is 55.8. The molecule has 2 aliphatic rings. The number of nitrogens with two attached hydrogens (primary N) is 1. The van der Waals surface area contributed by atoms with Crippen molar-refractivity contribution in [1.82, 2.24) is 31.9 Å². The molecule has 5 aromatic carbocycles. The fourth-order valence-corrected chi connectivity index (χ4v) is 11.5. The second kappa shape index (κ2) is 34.6. The lowest BCUT2D eigenvalue weighted by molar-refractivity contribution is -0.178. The van der Waals surface area contributed by atoms with Crippen LogP contribution in [0.3, 0.4) is 0 Å². The maximum Gasteiger partial charge on any atom is 0.407 e. The van der Waals surface area contributed by atoms with E-state index >= 15 is 0 Å². The molecule has 5 aromatic rings. The second-order valence-corrected chi connectivity index (χ2v) is 26.0. The number of benzene rings is 5. The van der Waals surface area contributed by atoms with Crippen LogP contribution in [0.4, 0.5) is 20.1 Å². The van der Waals surface area contributed by atoms with Gasteiger partial charge in [0, 0.05) is 55.9 Å². The number of methoxy groups -OCH3 is 1. The van der Waals surface area contributed by atoms with Crippen LogP contribution < -0.4 is 47.7 Å². The minimum Gasteiger partial charge on any atom is -0.495 e. The number of ether oxygens (including phenoxy) is 5. The highest BCUT2D eigenvalue weighted by atomic mass is 35.5. The van der Waals surface area contributed by atoms with Gasteiger partial charge in [-0.3, -0.25) is 24.0 Å². The maximum atomic E-state index is 14.1. The van der Waals surface area contributed by atoms with Gasteiger partial charge in [-0.05, 0) is 120 Å². The first-order valence-electron chi connectivity index (χ1n) is 32.2. The molecule has 3 unspecified atom stereocenters. The van der Waals surface area contributed by atoms with Crippen LogP contribution in [0.25, 0.3) is 11.1 Å². The number of rotatable bonds is 25. The Kier molecular flexibility index (Phi) is 26.6. The molecule has 0 fully saturated rings. The number of primary amides is 1. The maximum absolute atomic E-state index is 14.1. The Hall–Kier alpha value is -9.70. The summed E-state index contributed by atoms with van der Waals surface area (Å²) in [5.74, 6) is -4.77. The molecule has 0 saturated carbocycles. The number of anilines is 1. The largest absolute Gasteiger partial charge is 0.495 e. The highest BCUT2D eigenvalue weighted by Gasteiger charge is 2.38. The normalized spacial score (nSPS) is 18.1. The van der Waals surface area contributed by atoms with E-state index in [1.54, 1.807) is 76.2 Å². The van der Waals surface area contributed by atoms with Gasteiger partial charge < -0.3 is 66.6 Å². The van der Waals surface area contributed by atoms with Gasteiger partial charge in [0.05, 0.1) is 17.5 Å². The third kappa shape index (κ3) is 20.9. The second-order valence-electron chi connectivity index (χ2n) is 25.6. The third-order valence-electron chi connectivity index (χ3n) is 17.0. The predicted molar refractivity (Wildman–Crippen MR) is 364 cm³/mol. The Balaban J connectivity index is 0.917. The third-order valence-corrected chi connectivity index (χ3v) is 17.3. The molecule has 512 valence electrons. The molecule has 1 aliphatic carbocycles. The van der Waals surface area contributed by atoms with E-state index in [1.807, 2.05) is 100 Å². The van der Waals surface area contributed by atoms with E-state index < -0.39 is 101 Å². The first kappa shape index (κ1) is 73.7. The predicted octanol–water partition coefficient (Wildman–Crippen LogP) is 10.2. The first-order valence-corrected chi connectivity index (χ1v) is 32.6. The van der Waals surface area contributed by atoms with Gasteiger partial charge in [0.2, 0.25) is 23.6 Å². The summed E-state index contributed by atoms with van der Waals surface area (Å²) in [4.78, 5) is 121. The number of halogens is 1. The molecule has 0 aromatic heterocycles. The fraction of sp³-hybridized carbons (Fsp3) is 0.411. The zero-order valence-corrected chi connectivity index (χ0v) is 56.6. The number of carbonyl (C=O) groups excluding carboxylic acids is 9. The van der Waals surface area contributed by atoms with Crippen LogP contribution in [-0.4, -0.2) is 111 Å². The summed E-state index contributed by atoms with van der Waals surface area (Å²) in [7, 11) is 1.49. The van der Waals surface area contributed by atoms with Gasteiger partial charge in [-0.15, -0.1) is 0 Å². The molecule has 0 bridgehead atoms. The van der Waals surface area contributed by atoms with Crippen LogP contribution in [-0.2, 0) is 67.3 Å². The van der Waals surface area contributed by atoms with Crippen LogP contribution in [0.15, 0.2) is 140 Å². The molecule has 0 spiro atoms. The van der Waals surface area contributed by atoms with Gasteiger partial charge in [0.25, 0.3) is 0 Å². The van der Waals surface area contributed by atoms with Crippen LogP contribution in [0.2, 0.25) is 5.02 Å². The number of fused-ring (bicyclic) bond motifs is 3. The number of alkyl carbamates (subject to hydrolysis) is 2. The van der Waals surface area contributed by atoms with Gasteiger partial charge in [-0.25, -0.2) is 19.2 Å². The van der Waals surface area contributed by atoms with Gasteiger partial charge in [-0.2, -0.15) is 0 Å². The van der Waals surface area contributed by atoms with E-state index in [2.05, 4.69) is 43.8 Å². The molecule has 96 heavy (non-hydrogen) atoms. The van der Waals surface area contributed by atoms with Crippen LogP contribution in [0.5, 0.6) is 5.75 Å². The van der Waals surface area contributed by atoms with Crippen LogP contribution in [0.1, 0.15) is 126 Å². The molecular weight excluding hydrogens is 1250 g/mol. The Morgan fingerprint density at radius 2 is 1.42 bits per heavy atom. The van der Waals surface area contributed by atoms with Crippen molar-refractivity contribution < 1.29 is 66.8 Å². The van der Waals surface area contributed by atoms with Crippen molar-refractivity contribution in [3.63, 3.8) is 0 Å². The van der Waals surface area contributed by atoms with Gasteiger partial charge in [-0.1, -0.05) is 162 Å². The van der Waals surface area contributed by atoms with Crippen molar-refractivity contribution >= 4 is 71.1 Å². The average molecular weight is 1340 g/mol. The van der Waals surface area contributed by atoms with E-state index in [9.17, 15) is 43.2 Å². The summed E-state index contributed by atoms with van der Waals surface area (Å²) >= 11 is 6.40. The quantitative estimate of drug-likeness (QED) is 0.0117. The van der Waals surface area contributed by atoms with E-state index in [-0.39, 0.29) is 82.7 Å². The van der Waals surface area contributed by atoms with Gasteiger partial charge >= 0.3 is 30.2 Å². The lowest BCUT2D eigenvalue weighted by Crippen LogP contribution is -2.54. The lowest BCUT2D eigenvalue weighted by atomic mass is 9.82. The molecule has 1 heterocycles. The Morgan fingerprint density at radius 1 is 0.771 bits per heavy atom. The van der Waals surface area contributed by atoms with Crippen molar-refractivity contribution in [2.24, 2.45) is 28.9 Å². The number of hydrogen-bond acceptors (Lipinski definition) is 14. The van der Waals surface area contributed by atoms with E-state index in [0.717, 1.165) is 33.4 Å². The number of cyclic esters (lactones) is 2. The molecule has 0 radical (unpaired) electrons. The van der Waals surface area contributed by atoms with E-state index in [4.69, 9.17) is 41.0 Å². The van der Waals surface area contributed by atoms with Crippen molar-refractivity contribution in [2.75, 3.05) is 32.1 Å². The van der Waals surface area contributed by atoms with Crippen molar-refractivity contribution in [1.29, 1.82) is 0 Å². The van der Waals surface area contributed by atoms with Gasteiger partial charge in [0.1, 0.15) is 43.2 Å². The first-order chi connectivity index (χ1) is 45.7. The standard InChI is InChI=1S/C73H89ClN8O14/c1-42(2)35-62-68(87)95-60(22-15-23-63(83)80-59(37-49-28-33-61(92-10)57(74)36-49)65(84)78-41-73(8,9)69(88)96-62)46(7)44(5)45(6)50-29-24-47(25-30-50)38-77-71(90)93-39-48-26-31-51(32-27-48)79-66(85)58(21-16-34-76-70(75)89)81-67(86)64(43(3)4)82-72(91)94-40-56-54-19-13-11-17-52(54)53-18-12-14-20-55(53)56/h11-15,17-20,23-33,36,42-43,45-46,56,58-60,62,64H,5,16,21-22,34-35,37-41H2,1-4,6-10H3,(H,77,90)(H,78,84)(H,79,85)(H,80,83)(H,81,86)(H,82,91)(H3,75,76,89)/b23-15+/t45?,46?,58-,59+,60-,62-,64?/m0/s1. The number of esters is 2.